The summed E-state index contributed by atoms with van der Waals surface area (Å²) in [5, 5.41) is 10.7. The van der Waals surface area contributed by atoms with Gasteiger partial charge in [-0.15, -0.1) is 0 Å². The van der Waals surface area contributed by atoms with E-state index in [1.165, 1.54) is 0 Å². The lowest BCUT2D eigenvalue weighted by Gasteiger charge is -2.31. The standard InChI is InChI=1S/C22H20N4O3/c23-11-14-20(19-10-13-4-1-2-5-17(13)29-19)15-12-26(8-7-16(15)25-21(14)24)22(27)18-6-3-9-28-18/h1-2,4-5,10,18H,3,6-9,12H2,(H2,24,25)/t18-/m1/s1. The Morgan fingerprint density at radius 1 is 1.34 bits per heavy atom. The van der Waals surface area contributed by atoms with E-state index in [1.807, 2.05) is 30.3 Å². The van der Waals surface area contributed by atoms with Crippen LogP contribution in [0.4, 0.5) is 5.82 Å². The first-order valence-electron chi connectivity index (χ1n) is 9.76. The van der Waals surface area contributed by atoms with Gasteiger partial charge in [-0.3, -0.25) is 4.79 Å². The van der Waals surface area contributed by atoms with Crippen LogP contribution >= 0.6 is 0 Å². The van der Waals surface area contributed by atoms with Gasteiger partial charge in [-0.05, 0) is 25.0 Å². The number of benzene rings is 1. The highest BCUT2D eigenvalue weighted by atomic mass is 16.5. The third kappa shape index (κ3) is 2.93. The minimum absolute atomic E-state index is 0.000890. The summed E-state index contributed by atoms with van der Waals surface area (Å²) in [6, 6.07) is 11.8. The summed E-state index contributed by atoms with van der Waals surface area (Å²) < 4.78 is 11.6. The van der Waals surface area contributed by atoms with Crippen molar-refractivity contribution in [2.24, 2.45) is 0 Å². The van der Waals surface area contributed by atoms with Crippen molar-refractivity contribution in [3.8, 4) is 17.4 Å². The van der Waals surface area contributed by atoms with E-state index in [1.54, 1.807) is 4.90 Å². The van der Waals surface area contributed by atoms with Crippen molar-refractivity contribution < 1.29 is 13.9 Å². The van der Waals surface area contributed by atoms with Crippen molar-refractivity contribution in [2.75, 3.05) is 18.9 Å². The summed E-state index contributed by atoms with van der Waals surface area (Å²) >= 11 is 0. The zero-order chi connectivity index (χ0) is 20.0. The smallest absolute Gasteiger partial charge is 0.252 e. The molecule has 2 aromatic heterocycles. The number of hydrogen-bond acceptors (Lipinski definition) is 6. The third-order valence-corrected chi connectivity index (χ3v) is 5.68. The zero-order valence-electron chi connectivity index (χ0n) is 15.9. The number of anilines is 1. The van der Waals surface area contributed by atoms with Crippen LogP contribution in [0.1, 0.15) is 29.7 Å². The zero-order valence-corrected chi connectivity index (χ0v) is 15.9. The van der Waals surface area contributed by atoms with Crippen LogP contribution in [0.5, 0.6) is 0 Å². The molecule has 4 heterocycles. The fourth-order valence-electron chi connectivity index (χ4n) is 4.23. The number of furan rings is 1. The molecule has 146 valence electrons. The number of carbonyl (C=O) groups excluding carboxylic acids is 1. The van der Waals surface area contributed by atoms with Crippen LogP contribution in [0.3, 0.4) is 0 Å². The molecule has 0 spiro atoms. The highest BCUT2D eigenvalue weighted by Crippen LogP contribution is 2.38. The number of carbonyl (C=O) groups is 1. The molecule has 1 fully saturated rings. The summed E-state index contributed by atoms with van der Waals surface area (Å²) in [4.78, 5) is 19.1. The first-order chi connectivity index (χ1) is 14.2. The lowest BCUT2D eigenvalue weighted by molar-refractivity contribution is -0.141. The summed E-state index contributed by atoms with van der Waals surface area (Å²) in [6.07, 6.45) is 1.86. The van der Waals surface area contributed by atoms with E-state index in [9.17, 15) is 10.1 Å². The number of amides is 1. The number of nitrogen functional groups attached to an aromatic ring is 1. The number of para-hydroxylation sites is 1. The molecular weight excluding hydrogens is 368 g/mol. The van der Waals surface area contributed by atoms with Gasteiger partial charge in [-0.1, -0.05) is 18.2 Å². The molecule has 2 aliphatic rings. The molecule has 3 aromatic rings. The number of nitrogens with zero attached hydrogens (tertiary/aromatic N) is 3. The lowest BCUT2D eigenvalue weighted by Crippen LogP contribution is -2.42. The van der Waals surface area contributed by atoms with E-state index in [0.29, 0.717) is 37.4 Å². The van der Waals surface area contributed by atoms with Gasteiger partial charge in [0.2, 0.25) is 0 Å². The van der Waals surface area contributed by atoms with Gasteiger partial charge in [0.1, 0.15) is 34.9 Å². The Balaban J connectivity index is 1.62. The van der Waals surface area contributed by atoms with Crippen molar-refractivity contribution in [3.05, 3.63) is 47.2 Å². The number of pyridine rings is 1. The first-order valence-corrected chi connectivity index (χ1v) is 9.76. The van der Waals surface area contributed by atoms with Crippen molar-refractivity contribution in [3.63, 3.8) is 0 Å². The Hall–Kier alpha value is -3.37. The van der Waals surface area contributed by atoms with E-state index >= 15 is 0 Å². The van der Waals surface area contributed by atoms with E-state index in [-0.39, 0.29) is 23.4 Å². The Labute approximate surface area is 167 Å². The summed E-state index contributed by atoms with van der Waals surface area (Å²) in [6.45, 7) is 1.55. The summed E-state index contributed by atoms with van der Waals surface area (Å²) in [7, 11) is 0. The molecule has 1 amide bonds. The largest absolute Gasteiger partial charge is 0.456 e. The second kappa shape index (κ2) is 6.90. The molecule has 1 aromatic carbocycles. The molecule has 1 atom stereocenters. The predicted molar refractivity (Wildman–Crippen MR) is 107 cm³/mol. The lowest BCUT2D eigenvalue weighted by atomic mass is 9.94. The van der Waals surface area contributed by atoms with Crippen LogP contribution in [-0.2, 0) is 22.5 Å². The summed E-state index contributed by atoms with van der Waals surface area (Å²) in [5.41, 5.74) is 9.40. The maximum atomic E-state index is 12.9. The maximum Gasteiger partial charge on any atom is 0.252 e. The van der Waals surface area contributed by atoms with Gasteiger partial charge in [0.05, 0.1) is 5.69 Å². The van der Waals surface area contributed by atoms with Crippen molar-refractivity contribution in [1.82, 2.24) is 9.88 Å². The maximum absolute atomic E-state index is 12.9. The number of ether oxygens (including phenoxy) is 1. The van der Waals surface area contributed by atoms with Gasteiger partial charge in [0.15, 0.2) is 0 Å². The van der Waals surface area contributed by atoms with E-state index in [4.69, 9.17) is 14.9 Å². The van der Waals surface area contributed by atoms with E-state index in [2.05, 4.69) is 11.1 Å². The van der Waals surface area contributed by atoms with Crippen LogP contribution < -0.4 is 5.73 Å². The van der Waals surface area contributed by atoms with E-state index < -0.39 is 0 Å². The highest BCUT2D eigenvalue weighted by molar-refractivity contribution is 5.87. The Morgan fingerprint density at radius 2 is 2.21 bits per heavy atom. The second-order valence-electron chi connectivity index (χ2n) is 7.44. The van der Waals surface area contributed by atoms with E-state index in [0.717, 1.165) is 35.1 Å². The molecule has 0 unspecified atom stereocenters. The number of hydrogen-bond donors (Lipinski definition) is 1. The highest BCUT2D eigenvalue weighted by Gasteiger charge is 2.33. The third-order valence-electron chi connectivity index (χ3n) is 5.68. The minimum atomic E-state index is -0.372. The Kier molecular flexibility index (Phi) is 4.22. The summed E-state index contributed by atoms with van der Waals surface area (Å²) in [5.74, 6) is 0.763. The number of nitrogens with two attached hydrogens (primary N) is 1. The van der Waals surface area contributed by atoms with Crippen molar-refractivity contribution in [2.45, 2.75) is 31.9 Å². The molecule has 1 saturated heterocycles. The second-order valence-corrected chi connectivity index (χ2v) is 7.44. The van der Waals surface area contributed by atoms with Crippen LogP contribution in [0.25, 0.3) is 22.3 Å². The molecule has 5 rings (SSSR count). The SMILES string of the molecule is N#Cc1c(N)nc2c(c1-c1cc3ccccc3o1)CN(C(=O)[C@H]1CCCO1)CC2. The molecule has 7 nitrogen and oxygen atoms in total. The molecule has 0 saturated carbocycles. The fraction of sp³-hybridized carbons (Fsp3) is 0.318. The number of rotatable bonds is 2. The monoisotopic (exact) mass is 388 g/mol. The molecule has 7 heteroatoms. The van der Waals surface area contributed by atoms with Gasteiger partial charge >= 0.3 is 0 Å². The molecule has 0 aliphatic carbocycles. The van der Waals surface area contributed by atoms with Gasteiger partial charge in [0.25, 0.3) is 5.91 Å². The predicted octanol–water partition coefficient (Wildman–Crippen LogP) is 3.01. The number of aromatic nitrogens is 1. The first kappa shape index (κ1) is 17.7. The average molecular weight is 388 g/mol. The van der Waals surface area contributed by atoms with Gasteiger partial charge in [-0.25, -0.2) is 4.98 Å². The molecule has 29 heavy (non-hydrogen) atoms. The van der Waals surface area contributed by atoms with Crippen LogP contribution in [0.15, 0.2) is 34.7 Å². The van der Waals surface area contributed by atoms with Gasteiger partial charge in [0, 0.05) is 42.6 Å². The normalized spacial score (nSPS) is 18.6. The Bertz CT molecular complexity index is 1120. The van der Waals surface area contributed by atoms with Gasteiger partial charge < -0.3 is 19.8 Å². The molecule has 0 radical (unpaired) electrons. The van der Waals surface area contributed by atoms with Crippen LogP contribution in [0, 0.1) is 11.3 Å². The Morgan fingerprint density at radius 3 is 2.97 bits per heavy atom. The topological polar surface area (TPSA) is 105 Å². The number of nitriles is 1. The van der Waals surface area contributed by atoms with Crippen LogP contribution in [-0.4, -0.2) is 35.0 Å². The molecule has 0 bridgehead atoms. The van der Waals surface area contributed by atoms with Gasteiger partial charge in [-0.2, -0.15) is 5.26 Å². The van der Waals surface area contributed by atoms with Crippen LogP contribution in [0.2, 0.25) is 0 Å². The fourth-order valence-corrected chi connectivity index (χ4v) is 4.23. The number of fused-ring (bicyclic) bond motifs is 2. The quantitative estimate of drug-likeness (QED) is 0.723. The molecule has 2 N–H and O–H groups in total. The molecule has 2 aliphatic heterocycles. The minimum Gasteiger partial charge on any atom is -0.456 e. The molecular formula is C22H20N4O3. The van der Waals surface area contributed by atoms with Crippen molar-refractivity contribution >= 4 is 22.7 Å². The van der Waals surface area contributed by atoms with Crippen molar-refractivity contribution in [1.29, 1.82) is 5.26 Å². The average Bonchev–Trinajstić information content (AvgIpc) is 3.41.